The van der Waals surface area contributed by atoms with Gasteiger partial charge in [0.05, 0.1) is 0 Å². The fourth-order valence-corrected chi connectivity index (χ4v) is 2.96. The first kappa shape index (κ1) is 15.1. The molecule has 0 saturated heterocycles. The van der Waals surface area contributed by atoms with Crippen LogP contribution < -0.4 is 5.73 Å². The summed E-state index contributed by atoms with van der Waals surface area (Å²) in [7, 11) is 0. The normalized spacial score (nSPS) is 11.1. The first-order chi connectivity index (χ1) is 9.60. The predicted octanol–water partition coefficient (Wildman–Crippen LogP) is 4.70. The van der Waals surface area contributed by atoms with Crippen LogP contribution in [0.1, 0.15) is 36.5 Å². The molecule has 0 aliphatic carbocycles. The topological polar surface area (TPSA) is 26.0 Å². The van der Waals surface area contributed by atoms with Crippen molar-refractivity contribution in [1.29, 1.82) is 0 Å². The lowest BCUT2D eigenvalue weighted by Crippen LogP contribution is -2.01. The van der Waals surface area contributed by atoms with Gasteiger partial charge in [0.2, 0.25) is 0 Å². The fraction of sp³-hybridized carbons (Fsp3) is 0.294. The summed E-state index contributed by atoms with van der Waals surface area (Å²) >= 11 is 1.71. The lowest BCUT2D eigenvalue weighted by atomic mass is 10.0. The first-order valence-corrected chi connectivity index (χ1v) is 7.79. The van der Waals surface area contributed by atoms with E-state index in [-0.39, 0.29) is 5.82 Å². The number of hydrogen-bond acceptors (Lipinski definition) is 2. The Bertz CT molecular complexity index is 564. The summed E-state index contributed by atoms with van der Waals surface area (Å²) in [6, 6.07) is 13.4. The van der Waals surface area contributed by atoms with Crippen molar-refractivity contribution in [3.63, 3.8) is 0 Å². The minimum Gasteiger partial charge on any atom is -0.326 e. The van der Waals surface area contributed by atoms with Gasteiger partial charge in [-0.1, -0.05) is 32.0 Å². The highest BCUT2D eigenvalue weighted by atomic mass is 32.2. The lowest BCUT2D eigenvalue weighted by molar-refractivity contribution is 0.625. The van der Waals surface area contributed by atoms with Gasteiger partial charge >= 0.3 is 0 Å². The summed E-state index contributed by atoms with van der Waals surface area (Å²) in [6.07, 6.45) is 0. The molecule has 0 aromatic heterocycles. The van der Waals surface area contributed by atoms with Gasteiger partial charge in [0, 0.05) is 17.2 Å². The maximum Gasteiger partial charge on any atom is 0.123 e. The summed E-state index contributed by atoms with van der Waals surface area (Å²) in [6.45, 7) is 4.81. The highest BCUT2D eigenvalue weighted by molar-refractivity contribution is 7.98. The molecule has 0 bridgehead atoms. The van der Waals surface area contributed by atoms with Gasteiger partial charge in [-0.2, -0.15) is 0 Å². The Hall–Kier alpha value is -1.32. The second kappa shape index (κ2) is 6.91. The van der Waals surface area contributed by atoms with Crippen molar-refractivity contribution in [1.82, 2.24) is 0 Å². The third-order valence-corrected chi connectivity index (χ3v) is 4.39. The van der Waals surface area contributed by atoms with Crippen molar-refractivity contribution in [3.05, 3.63) is 65.0 Å². The maximum absolute atomic E-state index is 13.3. The molecule has 3 heteroatoms. The van der Waals surface area contributed by atoms with Crippen molar-refractivity contribution in [2.24, 2.45) is 5.73 Å². The van der Waals surface area contributed by atoms with Crippen molar-refractivity contribution < 1.29 is 4.39 Å². The van der Waals surface area contributed by atoms with Gasteiger partial charge in [-0.3, -0.25) is 0 Å². The number of hydrogen-bond donors (Lipinski definition) is 1. The Morgan fingerprint density at radius 1 is 1.05 bits per heavy atom. The van der Waals surface area contributed by atoms with Crippen LogP contribution in [-0.4, -0.2) is 0 Å². The molecule has 0 aliphatic heterocycles. The molecule has 0 unspecified atom stereocenters. The second-order valence-corrected chi connectivity index (χ2v) is 6.18. The molecule has 0 atom stereocenters. The molecule has 2 aromatic rings. The average molecular weight is 289 g/mol. The molecule has 20 heavy (non-hydrogen) atoms. The van der Waals surface area contributed by atoms with E-state index in [1.165, 1.54) is 16.5 Å². The summed E-state index contributed by atoms with van der Waals surface area (Å²) in [5.74, 6) is 1.08. The zero-order valence-electron chi connectivity index (χ0n) is 11.9. The molecule has 0 saturated carbocycles. The number of thioether (sulfide) groups is 1. The number of nitrogens with two attached hydrogens (primary N) is 1. The molecule has 2 aromatic carbocycles. The molecular weight excluding hydrogens is 269 g/mol. The molecule has 0 radical (unpaired) electrons. The monoisotopic (exact) mass is 289 g/mol. The van der Waals surface area contributed by atoms with E-state index in [2.05, 4.69) is 38.1 Å². The molecular formula is C17H20FNS. The van der Waals surface area contributed by atoms with E-state index in [0.29, 0.717) is 12.5 Å². The second-order valence-electron chi connectivity index (χ2n) is 5.13. The summed E-state index contributed by atoms with van der Waals surface area (Å²) in [5, 5.41) is 0. The van der Waals surface area contributed by atoms with Crippen LogP contribution in [0.5, 0.6) is 0 Å². The predicted molar refractivity (Wildman–Crippen MR) is 84.4 cm³/mol. The molecule has 0 heterocycles. The van der Waals surface area contributed by atoms with Crippen molar-refractivity contribution >= 4 is 11.8 Å². The Morgan fingerprint density at radius 2 is 1.75 bits per heavy atom. The first-order valence-electron chi connectivity index (χ1n) is 6.80. The summed E-state index contributed by atoms with van der Waals surface area (Å²) in [4.78, 5) is 1.20. The van der Waals surface area contributed by atoms with E-state index in [4.69, 9.17) is 5.73 Å². The Labute approximate surface area is 124 Å². The molecule has 0 spiro atoms. The van der Waals surface area contributed by atoms with Crippen LogP contribution in [0, 0.1) is 5.82 Å². The number of halogens is 1. The summed E-state index contributed by atoms with van der Waals surface area (Å²) < 4.78 is 13.3. The highest BCUT2D eigenvalue weighted by Gasteiger charge is 2.05. The van der Waals surface area contributed by atoms with E-state index < -0.39 is 0 Å². The van der Waals surface area contributed by atoms with Crippen LogP contribution in [0.15, 0.2) is 47.4 Å². The zero-order valence-corrected chi connectivity index (χ0v) is 12.7. The Morgan fingerprint density at radius 3 is 2.35 bits per heavy atom. The van der Waals surface area contributed by atoms with Gasteiger partial charge in [0.25, 0.3) is 0 Å². The molecule has 106 valence electrons. The molecule has 1 nitrogen and oxygen atoms in total. The van der Waals surface area contributed by atoms with E-state index in [0.717, 1.165) is 16.9 Å². The molecule has 0 fully saturated rings. The summed E-state index contributed by atoms with van der Waals surface area (Å²) in [5.41, 5.74) is 9.02. The average Bonchev–Trinajstić information content (AvgIpc) is 2.45. The molecule has 2 N–H and O–H groups in total. The van der Waals surface area contributed by atoms with Crippen LogP contribution in [0.3, 0.4) is 0 Å². The quantitative estimate of drug-likeness (QED) is 0.807. The van der Waals surface area contributed by atoms with Gasteiger partial charge in [-0.25, -0.2) is 4.39 Å². The zero-order chi connectivity index (χ0) is 14.5. The third kappa shape index (κ3) is 3.84. The standard InChI is InChI=1S/C17H20FNS/c1-12(2)13-4-7-17(8-5-13)20-11-15-9-16(18)6-3-14(15)10-19/h3-9,12H,10-11,19H2,1-2H3. The van der Waals surface area contributed by atoms with Crippen LogP contribution in [0.2, 0.25) is 0 Å². The molecule has 0 aliphatic rings. The van der Waals surface area contributed by atoms with Crippen molar-refractivity contribution in [3.8, 4) is 0 Å². The molecule has 0 amide bonds. The van der Waals surface area contributed by atoms with Crippen LogP contribution in [0.4, 0.5) is 4.39 Å². The SMILES string of the molecule is CC(C)c1ccc(SCc2cc(F)ccc2CN)cc1. The lowest BCUT2D eigenvalue weighted by Gasteiger charge is -2.09. The Balaban J connectivity index is 2.06. The van der Waals surface area contributed by atoms with Gasteiger partial charge in [-0.05, 0) is 46.9 Å². The van der Waals surface area contributed by atoms with Crippen molar-refractivity contribution in [2.75, 3.05) is 0 Å². The number of benzene rings is 2. The minimum atomic E-state index is -0.201. The minimum absolute atomic E-state index is 0.201. The fourth-order valence-electron chi connectivity index (χ4n) is 2.04. The van der Waals surface area contributed by atoms with Crippen LogP contribution in [-0.2, 0) is 12.3 Å². The van der Waals surface area contributed by atoms with Crippen LogP contribution in [0.25, 0.3) is 0 Å². The van der Waals surface area contributed by atoms with Gasteiger partial charge in [0.15, 0.2) is 0 Å². The maximum atomic E-state index is 13.3. The van der Waals surface area contributed by atoms with E-state index in [1.807, 2.05) is 0 Å². The van der Waals surface area contributed by atoms with E-state index >= 15 is 0 Å². The molecule has 2 rings (SSSR count). The highest BCUT2D eigenvalue weighted by Crippen LogP contribution is 2.26. The number of rotatable bonds is 5. The largest absolute Gasteiger partial charge is 0.326 e. The van der Waals surface area contributed by atoms with E-state index in [9.17, 15) is 4.39 Å². The Kier molecular flexibility index (Phi) is 5.21. The van der Waals surface area contributed by atoms with Gasteiger partial charge in [-0.15, -0.1) is 11.8 Å². The van der Waals surface area contributed by atoms with Crippen LogP contribution >= 0.6 is 11.8 Å². The van der Waals surface area contributed by atoms with Gasteiger partial charge < -0.3 is 5.73 Å². The van der Waals surface area contributed by atoms with Gasteiger partial charge in [0.1, 0.15) is 5.82 Å². The third-order valence-electron chi connectivity index (χ3n) is 3.33. The smallest absolute Gasteiger partial charge is 0.123 e. The van der Waals surface area contributed by atoms with Crippen molar-refractivity contribution in [2.45, 2.75) is 37.0 Å². The van der Waals surface area contributed by atoms with E-state index in [1.54, 1.807) is 23.9 Å².